The van der Waals surface area contributed by atoms with Crippen molar-refractivity contribution in [3.8, 4) is 5.75 Å². The molecule has 1 aromatic carbocycles. The number of phenolic OH excluding ortho intramolecular Hbond substituents is 1. The predicted octanol–water partition coefficient (Wildman–Crippen LogP) is 2.82. The minimum absolute atomic E-state index is 0.107. The van der Waals surface area contributed by atoms with Crippen molar-refractivity contribution < 1.29 is 9.90 Å². The molecule has 0 spiro atoms. The Labute approximate surface area is 79.7 Å². The molecule has 0 aromatic heterocycles. The molecule has 4 heteroatoms. The van der Waals surface area contributed by atoms with E-state index in [9.17, 15) is 9.90 Å². The average molecular weight is 205 g/mol. The van der Waals surface area contributed by atoms with Crippen molar-refractivity contribution in [3.05, 3.63) is 27.2 Å². The topological polar surface area (TPSA) is 37.3 Å². The number of hydrogen-bond acceptors (Lipinski definition) is 2. The van der Waals surface area contributed by atoms with Crippen LogP contribution in [-0.4, -0.2) is 11.4 Å². The molecule has 0 bridgehead atoms. The van der Waals surface area contributed by atoms with E-state index in [1.54, 1.807) is 6.92 Å². The molecular formula is C8H6Cl2O2. The van der Waals surface area contributed by atoms with Crippen LogP contribution >= 0.6 is 23.2 Å². The van der Waals surface area contributed by atoms with Crippen molar-refractivity contribution >= 4 is 29.5 Å². The number of carbonyl (C=O) groups is 1. The van der Waals surface area contributed by atoms with Gasteiger partial charge in [-0.2, -0.15) is 0 Å². The van der Waals surface area contributed by atoms with Crippen LogP contribution in [0.15, 0.2) is 6.07 Å². The summed E-state index contributed by atoms with van der Waals surface area (Å²) in [6, 6.07) is 1.38. The summed E-state index contributed by atoms with van der Waals surface area (Å²) < 4.78 is 0. The van der Waals surface area contributed by atoms with Gasteiger partial charge in [0.25, 0.3) is 0 Å². The molecule has 12 heavy (non-hydrogen) atoms. The van der Waals surface area contributed by atoms with E-state index < -0.39 is 0 Å². The number of aldehydes is 1. The molecule has 64 valence electrons. The van der Waals surface area contributed by atoms with E-state index in [4.69, 9.17) is 23.2 Å². The van der Waals surface area contributed by atoms with Crippen molar-refractivity contribution in [1.29, 1.82) is 0 Å². The van der Waals surface area contributed by atoms with Gasteiger partial charge in [0.05, 0.1) is 10.6 Å². The molecule has 0 aliphatic rings. The summed E-state index contributed by atoms with van der Waals surface area (Å²) in [5.74, 6) is -0.214. The monoisotopic (exact) mass is 204 g/mol. The third-order valence-electron chi connectivity index (χ3n) is 1.58. The highest BCUT2D eigenvalue weighted by molar-refractivity contribution is 6.37. The van der Waals surface area contributed by atoms with Gasteiger partial charge in [0.15, 0.2) is 6.29 Å². The minimum Gasteiger partial charge on any atom is -0.506 e. The molecule has 0 radical (unpaired) electrons. The quantitative estimate of drug-likeness (QED) is 0.715. The van der Waals surface area contributed by atoms with Gasteiger partial charge >= 0.3 is 0 Å². The Balaban J connectivity index is 3.49. The predicted molar refractivity (Wildman–Crippen MR) is 48.3 cm³/mol. The first-order valence-electron chi connectivity index (χ1n) is 3.20. The van der Waals surface area contributed by atoms with Gasteiger partial charge in [0, 0.05) is 5.02 Å². The lowest BCUT2D eigenvalue weighted by Gasteiger charge is -2.05. The zero-order valence-corrected chi connectivity index (χ0v) is 7.78. The van der Waals surface area contributed by atoms with Crippen LogP contribution in [0.3, 0.4) is 0 Å². The maximum Gasteiger partial charge on any atom is 0.153 e. The van der Waals surface area contributed by atoms with Gasteiger partial charge in [-0.3, -0.25) is 4.79 Å². The van der Waals surface area contributed by atoms with Crippen molar-refractivity contribution in [2.75, 3.05) is 0 Å². The van der Waals surface area contributed by atoms with Gasteiger partial charge in [-0.15, -0.1) is 0 Å². The summed E-state index contributed by atoms with van der Waals surface area (Å²) in [6.07, 6.45) is 0.506. The summed E-state index contributed by atoms with van der Waals surface area (Å²) in [5.41, 5.74) is 0.678. The number of carbonyl (C=O) groups excluding carboxylic acids is 1. The van der Waals surface area contributed by atoms with Gasteiger partial charge in [-0.05, 0) is 18.6 Å². The molecule has 1 rings (SSSR count). The number of aromatic hydroxyl groups is 1. The molecule has 0 amide bonds. The highest BCUT2D eigenvalue weighted by atomic mass is 35.5. The second kappa shape index (κ2) is 3.33. The van der Waals surface area contributed by atoms with Gasteiger partial charge < -0.3 is 5.11 Å². The molecule has 0 heterocycles. The fourth-order valence-corrected chi connectivity index (χ4v) is 1.28. The van der Waals surface area contributed by atoms with Gasteiger partial charge in [-0.1, -0.05) is 23.2 Å². The van der Waals surface area contributed by atoms with E-state index in [-0.39, 0.29) is 16.3 Å². The number of halogens is 2. The summed E-state index contributed by atoms with van der Waals surface area (Å²) in [6.45, 7) is 1.67. The second-order valence-corrected chi connectivity index (χ2v) is 3.14. The third kappa shape index (κ3) is 1.40. The molecule has 1 N–H and O–H groups in total. The van der Waals surface area contributed by atoms with Crippen LogP contribution in [0.25, 0.3) is 0 Å². The van der Waals surface area contributed by atoms with E-state index in [1.807, 2.05) is 0 Å². The van der Waals surface area contributed by atoms with E-state index >= 15 is 0 Å². The zero-order chi connectivity index (χ0) is 9.30. The van der Waals surface area contributed by atoms with Crippen LogP contribution in [-0.2, 0) is 0 Å². The fourth-order valence-electron chi connectivity index (χ4n) is 0.812. The lowest BCUT2D eigenvalue weighted by Crippen LogP contribution is -1.86. The normalized spacial score (nSPS) is 9.92. The highest BCUT2D eigenvalue weighted by Gasteiger charge is 2.10. The molecular weight excluding hydrogens is 199 g/mol. The Bertz CT molecular complexity index is 334. The van der Waals surface area contributed by atoms with E-state index in [0.717, 1.165) is 0 Å². The SMILES string of the molecule is Cc1c(Cl)cc(C=O)c(O)c1Cl. The van der Waals surface area contributed by atoms with Crippen LogP contribution in [0.1, 0.15) is 15.9 Å². The molecule has 0 unspecified atom stereocenters. The molecule has 1 aromatic rings. The molecule has 0 saturated heterocycles. The maximum absolute atomic E-state index is 10.4. The fraction of sp³-hybridized carbons (Fsp3) is 0.125. The Morgan fingerprint density at radius 1 is 1.50 bits per heavy atom. The largest absolute Gasteiger partial charge is 0.506 e. The first-order valence-corrected chi connectivity index (χ1v) is 3.96. The standard InChI is InChI=1S/C8H6Cl2O2/c1-4-6(9)2-5(3-11)8(12)7(4)10/h2-3,12H,1H3. The van der Waals surface area contributed by atoms with E-state index in [1.165, 1.54) is 6.07 Å². The molecule has 0 fully saturated rings. The minimum atomic E-state index is -0.214. The summed E-state index contributed by atoms with van der Waals surface area (Å²) in [5, 5.41) is 9.79. The number of benzene rings is 1. The van der Waals surface area contributed by atoms with Crippen molar-refractivity contribution in [2.24, 2.45) is 0 Å². The Morgan fingerprint density at radius 2 is 2.08 bits per heavy atom. The Kier molecular flexibility index (Phi) is 2.60. The van der Waals surface area contributed by atoms with Crippen LogP contribution in [0.2, 0.25) is 10.0 Å². The second-order valence-electron chi connectivity index (χ2n) is 2.35. The third-order valence-corrected chi connectivity index (χ3v) is 2.43. The van der Waals surface area contributed by atoms with Gasteiger partial charge in [-0.25, -0.2) is 0 Å². The number of rotatable bonds is 1. The summed E-state index contributed by atoms with van der Waals surface area (Å²) in [7, 11) is 0. The summed E-state index contributed by atoms with van der Waals surface area (Å²) >= 11 is 11.4. The van der Waals surface area contributed by atoms with Crippen molar-refractivity contribution in [1.82, 2.24) is 0 Å². The van der Waals surface area contributed by atoms with Crippen LogP contribution in [0, 0.1) is 6.92 Å². The van der Waals surface area contributed by atoms with Gasteiger partial charge in [0.1, 0.15) is 5.75 Å². The Morgan fingerprint density at radius 3 is 2.58 bits per heavy atom. The van der Waals surface area contributed by atoms with E-state index in [0.29, 0.717) is 16.9 Å². The molecule has 0 atom stereocenters. The maximum atomic E-state index is 10.4. The molecule has 0 aliphatic carbocycles. The summed E-state index contributed by atoms with van der Waals surface area (Å²) in [4.78, 5) is 10.4. The van der Waals surface area contributed by atoms with Crippen LogP contribution < -0.4 is 0 Å². The lowest BCUT2D eigenvalue weighted by molar-refractivity contribution is 0.112. The number of phenols is 1. The smallest absolute Gasteiger partial charge is 0.153 e. The van der Waals surface area contributed by atoms with Crippen molar-refractivity contribution in [3.63, 3.8) is 0 Å². The van der Waals surface area contributed by atoms with Crippen LogP contribution in [0.5, 0.6) is 5.75 Å². The zero-order valence-electron chi connectivity index (χ0n) is 6.27. The van der Waals surface area contributed by atoms with E-state index in [2.05, 4.69) is 0 Å². The first kappa shape index (κ1) is 9.36. The highest BCUT2D eigenvalue weighted by Crippen LogP contribution is 2.34. The first-order chi connectivity index (χ1) is 5.57. The Hall–Kier alpha value is -0.730. The average Bonchev–Trinajstić information content (AvgIpc) is 2.08. The number of hydrogen-bond donors (Lipinski definition) is 1. The van der Waals surface area contributed by atoms with Gasteiger partial charge in [0.2, 0.25) is 0 Å². The molecule has 0 aliphatic heterocycles. The molecule has 2 nitrogen and oxygen atoms in total. The van der Waals surface area contributed by atoms with Crippen molar-refractivity contribution in [2.45, 2.75) is 6.92 Å². The lowest BCUT2D eigenvalue weighted by atomic mass is 10.1. The molecule has 0 saturated carbocycles. The van der Waals surface area contributed by atoms with Crippen LogP contribution in [0.4, 0.5) is 0 Å².